The summed E-state index contributed by atoms with van der Waals surface area (Å²) >= 11 is 3.26. The van der Waals surface area contributed by atoms with Gasteiger partial charge in [0, 0.05) is 4.47 Å². The van der Waals surface area contributed by atoms with E-state index in [0.29, 0.717) is 11.1 Å². The van der Waals surface area contributed by atoms with Gasteiger partial charge in [0.1, 0.15) is 5.82 Å². The minimum absolute atomic E-state index is 0.106. The van der Waals surface area contributed by atoms with Crippen molar-refractivity contribution in [3.8, 4) is 6.01 Å². The fourth-order valence-corrected chi connectivity index (χ4v) is 1.91. The van der Waals surface area contributed by atoms with Crippen LogP contribution in [-0.2, 0) is 0 Å². The molecule has 0 saturated heterocycles. The Morgan fingerprint density at radius 2 is 2.05 bits per heavy atom. The molecule has 0 bridgehead atoms. The number of benzene rings is 1. The van der Waals surface area contributed by atoms with Crippen LogP contribution >= 0.6 is 15.9 Å². The molecule has 0 radical (unpaired) electrons. The average Bonchev–Trinajstić information content (AvgIpc) is 2.49. The lowest BCUT2D eigenvalue weighted by atomic mass is 10.3. The van der Waals surface area contributed by atoms with Crippen LogP contribution in [0.3, 0.4) is 0 Å². The van der Waals surface area contributed by atoms with Crippen molar-refractivity contribution in [2.75, 3.05) is 17.3 Å². The standard InChI is InChI=1S/C12H14BrFN6O/c1-2-6-21-12-18-10(17-11(19-12)20-15)16-9-7(13)4-3-5-8(9)14/h3-5H,2,6,15H2,1H3,(H2,16,17,18,19,20). The maximum absolute atomic E-state index is 13.8. The number of nitrogens with zero attached hydrogens (tertiary/aromatic N) is 3. The monoisotopic (exact) mass is 356 g/mol. The zero-order valence-electron chi connectivity index (χ0n) is 11.2. The first kappa shape index (κ1) is 15.4. The van der Waals surface area contributed by atoms with Gasteiger partial charge in [-0.1, -0.05) is 13.0 Å². The van der Waals surface area contributed by atoms with Gasteiger partial charge < -0.3 is 10.1 Å². The quantitative estimate of drug-likeness (QED) is 0.540. The Hall–Kier alpha value is -2.00. The Kier molecular flexibility index (Phi) is 5.23. The zero-order chi connectivity index (χ0) is 15.2. The minimum Gasteiger partial charge on any atom is -0.463 e. The van der Waals surface area contributed by atoms with Gasteiger partial charge >= 0.3 is 6.01 Å². The van der Waals surface area contributed by atoms with Crippen LogP contribution in [-0.4, -0.2) is 21.6 Å². The summed E-state index contributed by atoms with van der Waals surface area (Å²) < 4.78 is 19.7. The van der Waals surface area contributed by atoms with E-state index < -0.39 is 5.82 Å². The molecule has 21 heavy (non-hydrogen) atoms. The summed E-state index contributed by atoms with van der Waals surface area (Å²) in [7, 11) is 0. The van der Waals surface area contributed by atoms with Crippen molar-refractivity contribution in [1.82, 2.24) is 15.0 Å². The Labute approximate surface area is 129 Å². The van der Waals surface area contributed by atoms with Crippen LogP contribution in [0.2, 0.25) is 0 Å². The number of nitrogens with two attached hydrogens (primary N) is 1. The van der Waals surface area contributed by atoms with Crippen LogP contribution < -0.4 is 21.3 Å². The van der Waals surface area contributed by atoms with Crippen molar-refractivity contribution in [3.05, 3.63) is 28.5 Å². The van der Waals surface area contributed by atoms with Crippen LogP contribution in [0.5, 0.6) is 6.01 Å². The lowest BCUT2D eigenvalue weighted by Gasteiger charge is -2.10. The van der Waals surface area contributed by atoms with Gasteiger partial charge in [0.2, 0.25) is 11.9 Å². The highest BCUT2D eigenvalue weighted by Crippen LogP contribution is 2.27. The molecule has 1 aromatic heterocycles. The van der Waals surface area contributed by atoms with E-state index in [2.05, 4.69) is 41.6 Å². The normalized spacial score (nSPS) is 10.3. The number of ether oxygens (including phenoxy) is 1. The van der Waals surface area contributed by atoms with Crippen molar-refractivity contribution in [1.29, 1.82) is 0 Å². The molecule has 0 amide bonds. The Balaban J connectivity index is 2.30. The van der Waals surface area contributed by atoms with E-state index in [1.165, 1.54) is 6.07 Å². The van der Waals surface area contributed by atoms with Crippen LogP contribution in [0.1, 0.15) is 13.3 Å². The van der Waals surface area contributed by atoms with E-state index >= 15 is 0 Å². The zero-order valence-corrected chi connectivity index (χ0v) is 12.8. The number of rotatable bonds is 6. The van der Waals surface area contributed by atoms with E-state index in [-0.39, 0.29) is 23.6 Å². The highest BCUT2D eigenvalue weighted by Gasteiger charge is 2.11. The van der Waals surface area contributed by atoms with Crippen molar-refractivity contribution < 1.29 is 9.13 Å². The molecule has 1 heterocycles. The number of para-hydroxylation sites is 1. The molecule has 0 unspecified atom stereocenters. The Morgan fingerprint density at radius 3 is 2.71 bits per heavy atom. The summed E-state index contributed by atoms with van der Waals surface area (Å²) in [4.78, 5) is 12.0. The predicted molar refractivity (Wildman–Crippen MR) is 80.8 cm³/mol. The van der Waals surface area contributed by atoms with Crippen molar-refractivity contribution >= 4 is 33.5 Å². The molecule has 0 aliphatic rings. The summed E-state index contributed by atoms with van der Waals surface area (Å²) in [5.74, 6) is 5.10. The highest BCUT2D eigenvalue weighted by molar-refractivity contribution is 9.10. The van der Waals surface area contributed by atoms with Crippen LogP contribution in [0, 0.1) is 5.82 Å². The summed E-state index contributed by atoms with van der Waals surface area (Å²) in [5.41, 5.74) is 2.53. The number of halogens is 2. The topological polar surface area (TPSA) is 98.0 Å². The minimum atomic E-state index is -0.442. The maximum atomic E-state index is 13.8. The second-order valence-electron chi connectivity index (χ2n) is 3.98. The molecule has 112 valence electrons. The molecule has 0 aliphatic heterocycles. The summed E-state index contributed by atoms with van der Waals surface area (Å²) in [5, 5.41) is 2.77. The van der Waals surface area contributed by atoms with Gasteiger partial charge in [-0.25, -0.2) is 10.2 Å². The number of hydrogen-bond donors (Lipinski definition) is 3. The SMILES string of the molecule is CCCOc1nc(NN)nc(Nc2c(F)cccc2Br)n1. The first-order chi connectivity index (χ1) is 10.1. The second kappa shape index (κ2) is 7.14. The molecular weight excluding hydrogens is 343 g/mol. The molecule has 0 atom stereocenters. The number of anilines is 3. The number of nitrogens with one attached hydrogen (secondary N) is 2. The molecule has 2 rings (SSSR count). The van der Waals surface area contributed by atoms with Gasteiger partial charge in [0.25, 0.3) is 0 Å². The van der Waals surface area contributed by atoms with Crippen LogP contribution in [0.15, 0.2) is 22.7 Å². The first-order valence-corrected chi connectivity index (χ1v) is 7.00. The smallest absolute Gasteiger partial charge is 0.323 e. The maximum Gasteiger partial charge on any atom is 0.323 e. The fourth-order valence-electron chi connectivity index (χ4n) is 1.46. The van der Waals surface area contributed by atoms with Gasteiger partial charge in [0.05, 0.1) is 12.3 Å². The van der Waals surface area contributed by atoms with E-state index in [9.17, 15) is 4.39 Å². The molecule has 4 N–H and O–H groups in total. The molecule has 2 aromatic rings. The summed E-state index contributed by atoms with van der Waals surface area (Å²) in [6.07, 6.45) is 0.804. The molecule has 1 aromatic carbocycles. The van der Waals surface area contributed by atoms with Gasteiger partial charge in [0.15, 0.2) is 0 Å². The number of hydrogen-bond acceptors (Lipinski definition) is 7. The molecule has 0 spiro atoms. The third kappa shape index (κ3) is 3.99. The second-order valence-corrected chi connectivity index (χ2v) is 4.83. The molecule has 7 nitrogen and oxygen atoms in total. The molecule has 9 heteroatoms. The van der Waals surface area contributed by atoms with Gasteiger partial charge in [-0.05, 0) is 34.5 Å². The fraction of sp³-hybridized carbons (Fsp3) is 0.250. The number of nitrogen functional groups attached to an aromatic ring is 1. The number of aromatic nitrogens is 3. The summed E-state index contributed by atoms with van der Waals surface area (Å²) in [6, 6.07) is 4.71. The van der Waals surface area contributed by atoms with Crippen molar-refractivity contribution in [3.63, 3.8) is 0 Å². The summed E-state index contributed by atoms with van der Waals surface area (Å²) in [6.45, 7) is 2.41. The third-order valence-corrected chi connectivity index (χ3v) is 3.04. The van der Waals surface area contributed by atoms with E-state index in [1.54, 1.807) is 12.1 Å². The average molecular weight is 357 g/mol. The first-order valence-electron chi connectivity index (χ1n) is 6.20. The van der Waals surface area contributed by atoms with Gasteiger partial charge in [-0.15, -0.1) is 0 Å². The molecule has 0 fully saturated rings. The van der Waals surface area contributed by atoms with Crippen LogP contribution in [0.4, 0.5) is 22.0 Å². The van der Waals surface area contributed by atoms with E-state index in [1.807, 2.05) is 6.92 Å². The van der Waals surface area contributed by atoms with Crippen molar-refractivity contribution in [2.24, 2.45) is 5.84 Å². The lowest BCUT2D eigenvalue weighted by Crippen LogP contribution is -2.14. The molecule has 0 aliphatic carbocycles. The van der Waals surface area contributed by atoms with Crippen molar-refractivity contribution in [2.45, 2.75) is 13.3 Å². The Bertz CT molecular complexity index is 606. The highest BCUT2D eigenvalue weighted by atomic mass is 79.9. The largest absolute Gasteiger partial charge is 0.463 e. The van der Waals surface area contributed by atoms with E-state index in [4.69, 9.17) is 10.6 Å². The van der Waals surface area contributed by atoms with Gasteiger partial charge in [-0.2, -0.15) is 15.0 Å². The third-order valence-electron chi connectivity index (χ3n) is 2.38. The lowest BCUT2D eigenvalue weighted by molar-refractivity contribution is 0.292. The molecular formula is C12H14BrFN6O. The van der Waals surface area contributed by atoms with Gasteiger partial charge in [-0.3, -0.25) is 5.43 Å². The number of hydrazine groups is 1. The van der Waals surface area contributed by atoms with Crippen LogP contribution in [0.25, 0.3) is 0 Å². The predicted octanol–water partition coefficient (Wildman–Crippen LogP) is 2.59. The molecule has 0 saturated carbocycles. The van der Waals surface area contributed by atoms with E-state index in [0.717, 1.165) is 6.42 Å². The Morgan fingerprint density at radius 1 is 1.29 bits per heavy atom.